The van der Waals surface area contributed by atoms with E-state index in [9.17, 15) is 0 Å². The summed E-state index contributed by atoms with van der Waals surface area (Å²) in [7, 11) is 6.29. The van der Waals surface area contributed by atoms with Crippen LogP contribution in [0.5, 0.6) is 5.75 Å². The molecule has 0 spiro atoms. The van der Waals surface area contributed by atoms with E-state index in [1.807, 2.05) is 60.3 Å². The van der Waals surface area contributed by atoms with E-state index in [0.717, 1.165) is 46.4 Å². The molecule has 1 atom stereocenters. The second-order valence-corrected chi connectivity index (χ2v) is 10.0. The number of terminal acetylenes is 1. The van der Waals surface area contributed by atoms with Crippen molar-refractivity contribution in [3.8, 4) is 18.1 Å². The van der Waals surface area contributed by atoms with Gasteiger partial charge in [-0.3, -0.25) is 0 Å². The number of fused-ring (bicyclic) bond motifs is 1. The first-order valence-electron chi connectivity index (χ1n) is 12.4. The van der Waals surface area contributed by atoms with E-state index in [-0.39, 0.29) is 0 Å². The monoisotopic (exact) mass is 516 g/mol. The van der Waals surface area contributed by atoms with Gasteiger partial charge >= 0.3 is 198 Å². The van der Waals surface area contributed by atoms with Gasteiger partial charge in [-0.2, -0.15) is 0 Å². The Labute approximate surface area is 228 Å². The van der Waals surface area contributed by atoms with E-state index in [0.29, 0.717) is 35.4 Å². The van der Waals surface area contributed by atoms with Crippen molar-refractivity contribution >= 4 is 58.6 Å². The average Bonchev–Trinajstić information content (AvgIpc) is 3.48. The molecular formula is C30H27BN5OS. The normalized spacial score (nSPS) is 14.2. The van der Waals surface area contributed by atoms with Crippen LogP contribution in [0.4, 0.5) is 22.9 Å². The molecule has 0 bridgehead atoms. The standard InChI is InChI=1S/C30H27BN5OS/c1-2-20-6-3-7-22(16-20)35-30-24-18-23(11-13-26(24)33-19-34-30)37-14-4-9-29(31)36-27-17-21(10-12-25(27)32)28-8-5-15-38-28/h1,3,5-7,10-13,15-19,28,36H,4,8-9,14,32H2,(H,33,34,35). The first kappa shape index (κ1) is 25.4. The van der Waals surface area contributed by atoms with Gasteiger partial charge in [-0.1, -0.05) is 12.0 Å². The minimum absolute atomic E-state index is 0.432. The summed E-state index contributed by atoms with van der Waals surface area (Å²) in [4.78, 5) is 8.80. The number of hydrogen-bond acceptors (Lipinski definition) is 7. The Morgan fingerprint density at radius 2 is 2.08 bits per heavy atom. The summed E-state index contributed by atoms with van der Waals surface area (Å²) in [5, 5.41) is 10.1. The van der Waals surface area contributed by atoms with Crippen molar-refractivity contribution in [3.63, 3.8) is 0 Å². The second-order valence-electron chi connectivity index (χ2n) is 8.93. The molecule has 0 saturated heterocycles. The van der Waals surface area contributed by atoms with Crippen molar-refractivity contribution in [2.24, 2.45) is 0 Å². The predicted octanol–water partition coefficient (Wildman–Crippen LogP) is 6.20. The van der Waals surface area contributed by atoms with Crippen LogP contribution >= 0.6 is 11.8 Å². The summed E-state index contributed by atoms with van der Waals surface area (Å²) in [5.41, 5.74) is 12.1. The van der Waals surface area contributed by atoms with Gasteiger partial charge in [0.05, 0.1) is 0 Å². The zero-order valence-corrected chi connectivity index (χ0v) is 21.7. The van der Waals surface area contributed by atoms with E-state index in [1.54, 1.807) is 0 Å². The number of nitrogens with one attached hydrogen (secondary N) is 2. The van der Waals surface area contributed by atoms with Gasteiger partial charge in [0.15, 0.2) is 0 Å². The fourth-order valence-electron chi connectivity index (χ4n) is 4.22. The number of hydrogen-bond donors (Lipinski definition) is 3. The number of thioether (sulfide) groups is 1. The summed E-state index contributed by atoms with van der Waals surface area (Å²) in [6, 6.07) is 19.5. The van der Waals surface area contributed by atoms with E-state index in [2.05, 4.69) is 50.1 Å². The molecule has 3 aromatic carbocycles. The topological polar surface area (TPSA) is 85.1 Å². The second kappa shape index (κ2) is 11.9. The van der Waals surface area contributed by atoms with Crippen molar-refractivity contribution in [2.45, 2.75) is 24.5 Å². The van der Waals surface area contributed by atoms with Crippen molar-refractivity contribution in [3.05, 3.63) is 89.6 Å². The van der Waals surface area contributed by atoms with Crippen LogP contribution in [-0.2, 0) is 0 Å². The molecule has 1 aliphatic heterocycles. The third-order valence-corrected chi connectivity index (χ3v) is 7.33. The molecule has 1 unspecified atom stereocenters. The molecule has 1 aliphatic rings. The van der Waals surface area contributed by atoms with Crippen molar-refractivity contribution < 1.29 is 4.74 Å². The van der Waals surface area contributed by atoms with Gasteiger partial charge in [-0.05, 0) is 6.07 Å². The van der Waals surface area contributed by atoms with Gasteiger partial charge in [0.1, 0.15) is 0 Å². The Balaban J connectivity index is 1.17. The Bertz CT molecular complexity index is 1540. The third-order valence-electron chi connectivity index (χ3n) is 6.19. The van der Waals surface area contributed by atoms with E-state index in [1.165, 1.54) is 11.9 Å². The molecule has 0 fully saturated rings. The summed E-state index contributed by atoms with van der Waals surface area (Å²) < 4.78 is 6.03. The number of ether oxygens (including phenoxy) is 1. The number of rotatable bonds is 10. The molecule has 0 saturated carbocycles. The van der Waals surface area contributed by atoms with Crippen LogP contribution in [0, 0.1) is 12.3 Å². The fourth-order valence-corrected chi connectivity index (χ4v) is 5.16. The molecule has 6 nitrogen and oxygen atoms in total. The summed E-state index contributed by atoms with van der Waals surface area (Å²) in [6.45, 7) is 0.508. The molecule has 4 aromatic rings. The van der Waals surface area contributed by atoms with Gasteiger partial charge in [-0.25, -0.2) is 0 Å². The zero-order chi connectivity index (χ0) is 26.3. The number of nitrogens with zero attached hydrogens (tertiary/aromatic N) is 2. The van der Waals surface area contributed by atoms with Gasteiger partial charge in [0, 0.05) is 5.56 Å². The Kier molecular flexibility index (Phi) is 7.96. The Morgan fingerprint density at radius 3 is 2.92 bits per heavy atom. The van der Waals surface area contributed by atoms with Crippen LogP contribution in [0.1, 0.15) is 35.6 Å². The minimum atomic E-state index is 0.432. The average molecular weight is 516 g/mol. The maximum atomic E-state index is 6.29. The first-order valence-corrected chi connectivity index (χ1v) is 13.3. The molecule has 5 rings (SSSR count). The Morgan fingerprint density at radius 1 is 1.16 bits per heavy atom. The van der Waals surface area contributed by atoms with E-state index >= 15 is 0 Å². The third kappa shape index (κ3) is 6.19. The van der Waals surface area contributed by atoms with Crippen LogP contribution < -0.4 is 21.1 Å². The van der Waals surface area contributed by atoms with Crippen LogP contribution in [-0.4, -0.2) is 29.6 Å². The molecule has 0 amide bonds. The summed E-state index contributed by atoms with van der Waals surface area (Å²) >= 11 is 1.82. The number of allylic oxidation sites excluding steroid dienone is 1. The number of anilines is 4. The van der Waals surface area contributed by atoms with Crippen LogP contribution in [0.3, 0.4) is 0 Å². The summed E-state index contributed by atoms with van der Waals surface area (Å²) in [5.74, 6) is 4.07. The number of nitrogen functional groups attached to an aromatic ring is 1. The summed E-state index contributed by atoms with van der Waals surface area (Å²) in [6.07, 6.45) is 11.7. The molecule has 2 heterocycles. The Hall–Kier alpha value is -4.22. The van der Waals surface area contributed by atoms with Crippen LogP contribution in [0.25, 0.3) is 10.9 Å². The SMILES string of the molecule is [B]=C(CCCOc1ccc2ncnc(Nc3cccc(C#C)c3)c2c1)Nc1cc(C2CC=CS2)ccc1N. The van der Waals surface area contributed by atoms with Crippen LogP contribution in [0.2, 0.25) is 0 Å². The molecular weight excluding hydrogens is 489 g/mol. The first-order chi connectivity index (χ1) is 18.6. The molecule has 1 radical (unpaired) electrons. The van der Waals surface area contributed by atoms with Gasteiger partial charge in [-0.15, -0.1) is 6.42 Å². The molecule has 4 N–H and O–H groups in total. The van der Waals surface area contributed by atoms with E-state index < -0.39 is 0 Å². The fraction of sp³-hybridized carbons (Fsp3) is 0.167. The van der Waals surface area contributed by atoms with Crippen LogP contribution in [0.15, 0.2) is 78.5 Å². The molecule has 187 valence electrons. The molecule has 38 heavy (non-hydrogen) atoms. The quantitative estimate of drug-likeness (QED) is 0.100. The van der Waals surface area contributed by atoms with Crippen molar-refractivity contribution in [1.82, 2.24) is 9.97 Å². The predicted molar refractivity (Wildman–Crippen MR) is 161 cm³/mol. The number of aromatic nitrogens is 2. The van der Waals surface area contributed by atoms with E-state index in [4.69, 9.17) is 24.4 Å². The number of benzene rings is 3. The van der Waals surface area contributed by atoms with Crippen molar-refractivity contribution in [1.29, 1.82) is 0 Å². The molecule has 1 aromatic heterocycles. The maximum absolute atomic E-state index is 6.29. The molecule has 8 heteroatoms. The van der Waals surface area contributed by atoms with Gasteiger partial charge < -0.3 is 0 Å². The molecule has 0 aliphatic carbocycles. The van der Waals surface area contributed by atoms with Crippen molar-refractivity contribution in [2.75, 3.05) is 23.0 Å². The van der Waals surface area contributed by atoms with Gasteiger partial charge in [0.25, 0.3) is 0 Å². The number of nitrogens with two attached hydrogens (primary N) is 1. The van der Waals surface area contributed by atoms with Gasteiger partial charge in [0.2, 0.25) is 0 Å². The zero-order valence-electron chi connectivity index (χ0n) is 20.9.